The normalized spacial score (nSPS) is 15.1. The van der Waals surface area contributed by atoms with E-state index >= 15 is 0 Å². The van der Waals surface area contributed by atoms with Gasteiger partial charge < -0.3 is 15.0 Å². The van der Waals surface area contributed by atoms with Crippen LogP contribution in [0.3, 0.4) is 0 Å². The zero-order valence-electron chi connectivity index (χ0n) is 18.0. The van der Waals surface area contributed by atoms with E-state index < -0.39 is 7.12 Å². The lowest BCUT2D eigenvalue weighted by molar-refractivity contribution is 0.0971. The molecule has 1 aromatic heterocycles. The van der Waals surface area contributed by atoms with Crippen molar-refractivity contribution < 1.29 is 19.3 Å². The van der Waals surface area contributed by atoms with Gasteiger partial charge in [-0.1, -0.05) is 42.5 Å². The van der Waals surface area contributed by atoms with Crippen molar-refractivity contribution in [2.24, 2.45) is 0 Å². The predicted molar refractivity (Wildman–Crippen MR) is 123 cm³/mol. The first-order valence-corrected chi connectivity index (χ1v) is 10.7. The van der Waals surface area contributed by atoms with E-state index in [0.717, 1.165) is 23.2 Å². The number of para-hydroxylation sites is 1. The maximum absolute atomic E-state index is 12.8. The standard InChI is InChI=1S/C25H25BN2O4/c1-17(29)23-6-2-5-21-12-22(26(31)32-25(21)23)13-24(30)20-9-7-18(8-10-20)14-28-16-19-4-3-11-27-15-19/h2-11,15,22,28,31H,12-14,16H2,1H3/t22-/m1/s1. The fourth-order valence-corrected chi connectivity index (χ4v) is 3.95. The van der Waals surface area contributed by atoms with Crippen molar-refractivity contribution in [3.05, 3.63) is 94.8 Å². The summed E-state index contributed by atoms with van der Waals surface area (Å²) in [6, 6.07) is 16.8. The molecule has 0 aliphatic carbocycles. The number of Topliss-reactive ketones (excluding diaryl/α,β-unsaturated/α-hetero) is 2. The molecule has 2 aromatic carbocycles. The smallest absolute Gasteiger partial charge is 0.526 e. The van der Waals surface area contributed by atoms with Crippen molar-refractivity contribution in [3.8, 4) is 5.75 Å². The maximum Gasteiger partial charge on any atom is 0.526 e. The number of aromatic nitrogens is 1. The van der Waals surface area contributed by atoms with Crippen molar-refractivity contribution in [2.45, 2.75) is 38.7 Å². The number of rotatable bonds is 8. The van der Waals surface area contributed by atoms with Crippen molar-refractivity contribution in [1.29, 1.82) is 0 Å². The SMILES string of the molecule is CC(=O)c1cccc2c1OB(O)[C@@H](CC(=O)c1ccc(CNCc3cccnc3)cc1)C2. The molecule has 0 unspecified atom stereocenters. The van der Waals surface area contributed by atoms with Gasteiger partial charge in [-0.25, -0.2) is 0 Å². The van der Waals surface area contributed by atoms with Crippen molar-refractivity contribution >= 4 is 18.7 Å². The fraction of sp³-hybridized carbons (Fsp3) is 0.240. The lowest BCUT2D eigenvalue weighted by Crippen LogP contribution is -2.35. The Bertz CT molecular complexity index is 1100. The van der Waals surface area contributed by atoms with Crippen LogP contribution < -0.4 is 9.97 Å². The molecule has 162 valence electrons. The molecule has 1 aliphatic rings. The number of hydrogen-bond donors (Lipinski definition) is 2. The average molecular weight is 428 g/mol. The molecule has 3 aromatic rings. The molecule has 1 atom stereocenters. The van der Waals surface area contributed by atoms with Crippen molar-refractivity contribution in [2.75, 3.05) is 0 Å². The molecule has 1 aliphatic heterocycles. The number of nitrogens with one attached hydrogen (secondary N) is 1. The van der Waals surface area contributed by atoms with E-state index in [9.17, 15) is 14.6 Å². The summed E-state index contributed by atoms with van der Waals surface area (Å²) in [6.45, 7) is 2.88. The molecule has 0 saturated heterocycles. The van der Waals surface area contributed by atoms with Crippen LogP contribution in [0.5, 0.6) is 5.75 Å². The Morgan fingerprint density at radius 1 is 1.09 bits per heavy atom. The summed E-state index contributed by atoms with van der Waals surface area (Å²) >= 11 is 0. The molecule has 0 bridgehead atoms. The number of pyridine rings is 1. The Balaban J connectivity index is 1.34. The van der Waals surface area contributed by atoms with E-state index in [1.54, 1.807) is 18.3 Å². The minimum absolute atomic E-state index is 0.0429. The summed E-state index contributed by atoms with van der Waals surface area (Å²) in [6.07, 6.45) is 4.24. The van der Waals surface area contributed by atoms with Crippen LogP contribution in [-0.2, 0) is 19.5 Å². The molecule has 0 radical (unpaired) electrons. The third kappa shape index (κ3) is 5.12. The second kappa shape index (κ2) is 9.89. The molecular formula is C25H25BN2O4. The van der Waals surface area contributed by atoms with Gasteiger partial charge in [-0.2, -0.15) is 0 Å². The summed E-state index contributed by atoms with van der Waals surface area (Å²) in [7, 11) is -1.12. The molecule has 7 heteroatoms. The summed E-state index contributed by atoms with van der Waals surface area (Å²) in [5, 5.41) is 13.8. The van der Waals surface area contributed by atoms with Crippen LogP contribution in [0.2, 0.25) is 5.82 Å². The van der Waals surface area contributed by atoms with Crippen LogP contribution in [0.25, 0.3) is 0 Å². The second-order valence-corrected chi connectivity index (χ2v) is 8.11. The molecule has 32 heavy (non-hydrogen) atoms. The van der Waals surface area contributed by atoms with Crippen LogP contribution in [0, 0.1) is 0 Å². The molecule has 0 saturated carbocycles. The Hall–Kier alpha value is -3.29. The van der Waals surface area contributed by atoms with Gasteiger partial charge in [0.1, 0.15) is 5.75 Å². The number of fused-ring (bicyclic) bond motifs is 1. The highest BCUT2D eigenvalue weighted by Crippen LogP contribution is 2.36. The van der Waals surface area contributed by atoms with Crippen molar-refractivity contribution in [1.82, 2.24) is 10.3 Å². The molecule has 0 spiro atoms. The van der Waals surface area contributed by atoms with Gasteiger partial charge in [0, 0.05) is 43.3 Å². The third-order valence-corrected chi connectivity index (χ3v) is 5.70. The third-order valence-electron chi connectivity index (χ3n) is 5.70. The minimum atomic E-state index is -1.12. The van der Waals surface area contributed by atoms with Gasteiger partial charge in [0.15, 0.2) is 11.6 Å². The number of carbonyl (C=O) groups is 2. The maximum atomic E-state index is 12.8. The lowest BCUT2D eigenvalue weighted by atomic mass is 9.64. The quantitative estimate of drug-likeness (QED) is 0.421. The number of ketones is 2. The zero-order chi connectivity index (χ0) is 22.5. The minimum Gasteiger partial charge on any atom is -0.535 e. The van der Waals surface area contributed by atoms with Gasteiger partial charge in [0.05, 0.1) is 5.56 Å². The van der Waals surface area contributed by atoms with E-state index in [-0.39, 0.29) is 23.8 Å². The highest BCUT2D eigenvalue weighted by molar-refractivity contribution is 6.47. The van der Waals surface area contributed by atoms with Crippen LogP contribution >= 0.6 is 0 Å². The van der Waals surface area contributed by atoms with Crippen LogP contribution in [-0.4, -0.2) is 28.7 Å². The second-order valence-electron chi connectivity index (χ2n) is 8.11. The van der Waals surface area contributed by atoms with Crippen molar-refractivity contribution in [3.63, 3.8) is 0 Å². The van der Waals surface area contributed by atoms with Gasteiger partial charge >= 0.3 is 7.12 Å². The van der Waals surface area contributed by atoms with Gasteiger partial charge in [-0.3, -0.25) is 14.6 Å². The van der Waals surface area contributed by atoms with E-state index in [1.165, 1.54) is 6.92 Å². The first-order valence-electron chi connectivity index (χ1n) is 10.7. The zero-order valence-corrected chi connectivity index (χ0v) is 18.0. The number of hydrogen-bond acceptors (Lipinski definition) is 6. The lowest BCUT2D eigenvalue weighted by Gasteiger charge is -2.28. The Morgan fingerprint density at radius 3 is 2.59 bits per heavy atom. The Labute approximate surface area is 187 Å². The molecule has 0 amide bonds. The van der Waals surface area contributed by atoms with Crippen LogP contribution in [0.15, 0.2) is 67.0 Å². The largest absolute Gasteiger partial charge is 0.535 e. The van der Waals surface area contributed by atoms with Gasteiger partial charge in [-0.15, -0.1) is 0 Å². The van der Waals surface area contributed by atoms with E-state index in [2.05, 4.69) is 10.3 Å². The van der Waals surface area contributed by atoms with Gasteiger partial charge in [0.2, 0.25) is 0 Å². The van der Waals surface area contributed by atoms with Crippen LogP contribution in [0.4, 0.5) is 0 Å². The summed E-state index contributed by atoms with van der Waals surface area (Å²) < 4.78 is 5.64. The van der Waals surface area contributed by atoms with E-state index in [1.807, 2.05) is 48.7 Å². The first kappa shape index (κ1) is 21.9. The highest BCUT2D eigenvalue weighted by Gasteiger charge is 2.37. The number of benzene rings is 2. The molecule has 6 nitrogen and oxygen atoms in total. The summed E-state index contributed by atoms with van der Waals surface area (Å²) in [5.74, 6) is -0.0883. The average Bonchev–Trinajstić information content (AvgIpc) is 2.80. The molecule has 2 N–H and O–H groups in total. The monoisotopic (exact) mass is 428 g/mol. The van der Waals surface area contributed by atoms with Gasteiger partial charge in [-0.05, 0) is 42.2 Å². The van der Waals surface area contributed by atoms with E-state index in [0.29, 0.717) is 29.8 Å². The Kier molecular flexibility index (Phi) is 6.78. The fourth-order valence-electron chi connectivity index (χ4n) is 3.95. The Morgan fingerprint density at radius 2 is 1.88 bits per heavy atom. The van der Waals surface area contributed by atoms with Crippen LogP contribution in [0.1, 0.15) is 50.8 Å². The molecule has 2 heterocycles. The van der Waals surface area contributed by atoms with Gasteiger partial charge in [0.25, 0.3) is 0 Å². The first-order chi connectivity index (χ1) is 15.5. The summed E-state index contributed by atoms with van der Waals surface area (Å²) in [5.41, 5.74) is 4.10. The number of nitrogens with zero attached hydrogens (tertiary/aromatic N) is 1. The molecule has 4 rings (SSSR count). The molecular weight excluding hydrogens is 403 g/mol. The van der Waals surface area contributed by atoms with E-state index in [4.69, 9.17) is 4.65 Å². The molecule has 0 fully saturated rings. The number of carbonyl (C=O) groups excluding carboxylic acids is 2. The topological polar surface area (TPSA) is 88.5 Å². The summed E-state index contributed by atoms with van der Waals surface area (Å²) in [4.78, 5) is 28.7. The predicted octanol–water partition coefficient (Wildman–Crippen LogP) is 3.63. The highest BCUT2D eigenvalue weighted by atomic mass is 16.5.